The van der Waals surface area contributed by atoms with Gasteiger partial charge in [0, 0.05) is 19.1 Å². The van der Waals surface area contributed by atoms with Crippen LogP contribution in [-0.4, -0.2) is 35.2 Å². The van der Waals surface area contributed by atoms with E-state index in [1.165, 1.54) is 12.1 Å². The Morgan fingerprint density at radius 1 is 1.21 bits per heavy atom. The number of hydrogen-bond donors (Lipinski definition) is 2. The molecule has 2 N–H and O–H groups in total. The number of halogens is 1. The van der Waals surface area contributed by atoms with Crippen LogP contribution in [-0.2, 0) is 0 Å². The zero-order valence-corrected chi connectivity index (χ0v) is 13.8. The average Bonchev–Trinajstić information content (AvgIpc) is 2.63. The second-order valence-corrected chi connectivity index (χ2v) is 6.74. The second kappa shape index (κ2) is 7.79. The van der Waals surface area contributed by atoms with Gasteiger partial charge in [0.05, 0.1) is 6.10 Å². The van der Waals surface area contributed by atoms with E-state index in [0.717, 1.165) is 37.7 Å². The maximum Gasteiger partial charge on any atom is 0.317 e. The van der Waals surface area contributed by atoms with Gasteiger partial charge < -0.3 is 15.3 Å². The standard InChI is InChI=1S/C19H25FN2O2/c20-16-8-6-14(7-9-16)18(23)15-10-12-22(13-11-15)19(24)21-17-4-2-1-3-5-17/h2,4,6-9,15,17-18,23H,1,3,5,10-13H2,(H,21,24). The van der Waals surface area contributed by atoms with Crippen LogP contribution in [0.4, 0.5) is 9.18 Å². The predicted octanol–water partition coefficient (Wildman–Crippen LogP) is 3.39. The van der Waals surface area contributed by atoms with E-state index in [9.17, 15) is 14.3 Å². The molecule has 130 valence electrons. The van der Waals surface area contributed by atoms with E-state index in [4.69, 9.17) is 0 Å². The normalized spacial score (nSPS) is 23.1. The number of rotatable bonds is 3. The van der Waals surface area contributed by atoms with Crippen molar-refractivity contribution < 1.29 is 14.3 Å². The SMILES string of the molecule is O=C(NC1C=CCCC1)N1CCC(C(O)c2ccc(F)cc2)CC1. The highest BCUT2D eigenvalue weighted by Gasteiger charge is 2.28. The number of hydrogen-bond acceptors (Lipinski definition) is 2. The molecule has 1 aromatic rings. The minimum Gasteiger partial charge on any atom is -0.388 e. The van der Waals surface area contributed by atoms with E-state index in [0.29, 0.717) is 13.1 Å². The molecule has 1 heterocycles. The van der Waals surface area contributed by atoms with Crippen molar-refractivity contribution >= 4 is 6.03 Å². The number of aliphatic hydroxyl groups excluding tert-OH is 1. The molecule has 2 aliphatic rings. The first-order valence-electron chi connectivity index (χ1n) is 8.79. The van der Waals surface area contributed by atoms with E-state index in [1.807, 2.05) is 4.90 Å². The van der Waals surface area contributed by atoms with Gasteiger partial charge in [0.2, 0.25) is 0 Å². The van der Waals surface area contributed by atoms with Crippen molar-refractivity contribution in [2.75, 3.05) is 13.1 Å². The molecule has 2 unspecified atom stereocenters. The highest BCUT2D eigenvalue weighted by Crippen LogP contribution is 2.30. The van der Waals surface area contributed by atoms with Crippen LogP contribution < -0.4 is 5.32 Å². The molecule has 4 nitrogen and oxygen atoms in total. The second-order valence-electron chi connectivity index (χ2n) is 6.74. The predicted molar refractivity (Wildman–Crippen MR) is 91.0 cm³/mol. The van der Waals surface area contributed by atoms with Crippen LogP contribution in [0.5, 0.6) is 0 Å². The number of nitrogens with one attached hydrogen (secondary N) is 1. The first kappa shape index (κ1) is 17.0. The zero-order valence-electron chi connectivity index (χ0n) is 13.8. The summed E-state index contributed by atoms with van der Waals surface area (Å²) < 4.78 is 13.0. The van der Waals surface area contributed by atoms with E-state index in [2.05, 4.69) is 17.5 Å². The van der Waals surface area contributed by atoms with E-state index >= 15 is 0 Å². The average molecular weight is 332 g/mol. The molecule has 1 aliphatic carbocycles. The summed E-state index contributed by atoms with van der Waals surface area (Å²) in [4.78, 5) is 14.2. The van der Waals surface area contributed by atoms with Crippen LogP contribution >= 0.6 is 0 Å². The highest BCUT2D eigenvalue weighted by molar-refractivity contribution is 5.74. The number of likely N-dealkylation sites (tertiary alicyclic amines) is 1. The fraction of sp³-hybridized carbons (Fsp3) is 0.526. The molecule has 0 spiro atoms. The van der Waals surface area contributed by atoms with Gasteiger partial charge in [-0.3, -0.25) is 0 Å². The Morgan fingerprint density at radius 3 is 2.54 bits per heavy atom. The molecule has 5 heteroatoms. The number of carbonyl (C=O) groups is 1. The lowest BCUT2D eigenvalue weighted by Crippen LogP contribution is -2.48. The number of amides is 2. The van der Waals surface area contributed by atoms with Gasteiger partial charge in [0.25, 0.3) is 0 Å². The van der Waals surface area contributed by atoms with Gasteiger partial charge in [-0.25, -0.2) is 9.18 Å². The summed E-state index contributed by atoms with van der Waals surface area (Å²) in [5.41, 5.74) is 0.742. The van der Waals surface area contributed by atoms with Crippen molar-refractivity contribution in [3.63, 3.8) is 0 Å². The number of carbonyl (C=O) groups excluding carboxylic acids is 1. The fourth-order valence-corrected chi connectivity index (χ4v) is 3.53. The Labute approximate surface area is 142 Å². The van der Waals surface area contributed by atoms with Crippen LogP contribution in [0.3, 0.4) is 0 Å². The lowest BCUT2D eigenvalue weighted by Gasteiger charge is -2.35. The molecule has 0 aromatic heterocycles. The first-order chi connectivity index (χ1) is 11.6. The summed E-state index contributed by atoms with van der Waals surface area (Å²) in [7, 11) is 0. The third kappa shape index (κ3) is 4.15. The molecule has 2 amide bonds. The summed E-state index contributed by atoms with van der Waals surface area (Å²) in [6.07, 6.45) is 8.33. The molecule has 24 heavy (non-hydrogen) atoms. The summed E-state index contributed by atoms with van der Waals surface area (Å²) in [5.74, 6) is -0.191. The van der Waals surface area contributed by atoms with Crippen molar-refractivity contribution in [1.82, 2.24) is 10.2 Å². The van der Waals surface area contributed by atoms with Crippen molar-refractivity contribution in [3.05, 3.63) is 47.8 Å². The van der Waals surface area contributed by atoms with Crippen LogP contribution in [0.25, 0.3) is 0 Å². The molecule has 1 fully saturated rings. The number of nitrogens with zero attached hydrogens (tertiary/aromatic N) is 1. The summed E-state index contributed by atoms with van der Waals surface area (Å²) >= 11 is 0. The molecule has 0 bridgehead atoms. The number of urea groups is 1. The quantitative estimate of drug-likeness (QED) is 0.834. The van der Waals surface area contributed by atoms with E-state index in [1.54, 1.807) is 12.1 Å². The van der Waals surface area contributed by atoms with E-state index in [-0.39, 0.29) is 23.8 Å². The first-order valence-corrected chi connectivity index (χ1v) is 8.79. The fourth-order valence-electron chi connectivity index (χ4n) is 3.53. The molecule has 2 atom stereocenters. The van der Waals surface area contributed by atoms with Crippen molar-refractivity contribution in [3.8, 4) is 0 Å². The Balaban J connectivity index is 1.49. The van der Waals surface area contributed by atoms with Gasteiger partial charge in [-0.1, -0.05) is 24.3 Å². The molecule has 1 saturated heterocycles. The Bertz CT molecular complexity index is 580. The van der Waals surface area contributed by atoms with Gasteiger partial charge in [0.15, 0.2) is 0 Å². The van der Waals surface area contributed by atoms with Crippen LogP contribution in [0.15, 0.2) is 36.4 Å². The van der Waals surface area contributed by atoms with Gasteiger partial charge in [0.1, 0.15) is 5.82 Å². The van der Waals surface area contributed by atoms with Crippen LogP contribution in [0, 0.1) is 11.7 Å². The number of aliphatic hydroxyl groups is 1. The molecular weight excluding hydrogens is 307 g/mol. The molecule has 0 saturated carbocycles. The van der Waals surface area contributed by atoms with Gasteiger partial charge in [-0.05, 0) is 55.7 Å². The molecule has 0 radical (unpaired) electrons. The topological polar surface area (TPSA) is 52.6 Å². The molecular formula is C19H25FN2O2. The van der Waals surface area contributed by atoms with Crippen molar-refractivity contribution in [1.29, 1.82) is 0 Å². The molecule has 1 aromatic carbocycles. The lowest BCUT2D eigenvalue weighted by molar-refractivity contribution is 0.0662. The summed E-state index contributed by atoms with van der Waals surface area (Å²) in [6, 6.07) is 6.15. The minimum atomic E-state index is -0.600. The lowest BCUT2D eigenvalue weighted by atomic mass is 9.87. The third-order valence-electron chi connectivity index (χ3n) is 5.05. The van der Waals surface area contributed by atoms with Crippen molar-refractivity contribution in [2.45, 2.75) is 44.2 Å². The number of benzene rings is 1. The number of piperidine rings is 1. The third-order valence-corrected chi connectivity index (χ3v) is 5.05. The smallest absolute Gasteiger partial charge is 0.317 e. The Hall–Kier alpha value is -1.88. The summed E-state index contributed by atoms with van der Waals surface area (Å²) in [5, 5.41) is 13.5. The Morgan fingerprint density at radius 2 is 1.92 bits per heavy atom. The van der Waals surface area contributed by atoms with Gasteiger partial charge >= 0.3 is 6.03 Å². The Kier molecular flexibility index (Phi) is 5.51. The maximum atomic E-state index is 13.0. The zero-order chi connectivity index (χ0) is 16.9. The molecule has 1 aliphatic heterocycles. The number of allylic oxidation sites excluding steroid dienone is 1. The van der Waals surface area contributed by atoms with Gasteiger partial charge in [-0.15, -0.1) is 0 Å². The molecule has 3 rings (SSSR count). The van der Waals surface area contributed by atoms with Crippen LogP contribution in [0.1, 0.15) is 43.8 Å². The van der Waals surface area contributed by atoms with Gasteiger partial charge in [-0.2, -0.15) is 0 Å². The maximum absolute atomic E-state index is 13.0. The van der Waals surface area contributed by atoms with Crippen molar-refractivity contribution in [2.24, 2.45) is 5.92 Å². The highest BCUT2D eigenvalue weighted by atomic mass is 19.1. The van der Waals surface area contributed by atoms with E-state index < -0.39 is 6.10 Å². The largest absolute Gasteiger partial charge is 0.388 e. The van der Waals surface area contributed by atoms with Crippen LogP contribution in [0.2, 0.25) is 0 Å². The monoisotopic (exact) mass is 332 g/mol. The summed E-state index contributed by atoms with van der Waals surface area (Å²) in [6.45, 7) is 1.29. The minimum absolute atomic E-state index is 0.0127.